The molecule has 0 spiro atoms. The summed E-state index contributed by atoms with van der Waals surface area (Å²) in [6.45, 7) is 1.02. The molecule has 5 rings (SSSR count). The maximum atomic E-state index is 7.10. The molecule has 6 heteroatoms. The largest absolute Gasteiger partial charge is 0.490 e. The minimum atomic E-state index is -0.353. The number of nitrogens with zero attached hydrogens (tertiary/aromatic N) is 3. The highest BCUT2D eigenvalue weighted by atomic mass is 35.5. The first kappa shape index (κ1) is 17.7. The summed E-state index contributed by atoms with van der Waals surface area (Å²) in [5.41, 5.74) is 3.35. The van der Waals surface area contributed by atoms with E-state index in [-0.39, 0.29) is 11.0 Å². The zero-order chi connectivity index (χ0) is 19.0. The number of benzene rings is 2. The zero-order valence-corrected chi connectivity index (χ0v) is 16.3. The number of rotatable bonds is 3. The molecular formula is C22H22ClN3O2. The van der Waals surface area contributed by atoms with Crippen molar-refractivity contribution < 1.29 is 9.47 Å². The number of hydrogen-bond donors (Lipinski definition) is 0. The quantitative estimate of drug-likeness (QED) is 0.600. The maximum Gasteiger partial charge on any atom is 0.163 e. The molecule has 0 saturated heterocycles. The van der Waals surface area contributed by atoms with Crippen LogP contribution in [0.25, 0.3) is 5.69 Å². The highest BCUT2D eigenvalue weighted by Crippen LogP contribution is 2.44. The van der Waals surface area contributed by atoms with E-state index < -0.39 is 0 Å². The third-order valence-corrected chi connectivity index (χ3v) is 6.33. The van der Waals surface area contributed by atoms with E-state index >= 15 is 0 Å². The third-order valence-electron chi connectivity index (χ3n) is 5.73. The molecule has 2 aliphatic rings. The Morgan fingerprint density at radius 2 is 1.89 bits per heavy atom. The van der Waals surface area contributed by atoms with Gasteiger partial charge < -0.3 is 9.47 Å². The van der Waals surface area contributed by atoms with E-state index in [4.69, 9.17) is 21.1 Å². The Balaban J connectivity index is 1.34. The summed E-state index contributed by atoms with van der Waals surface area (Å²) < 4.78 is 13.9. The van der Waals surface area contributed by atoms with Crippen LogP contribution < -0.4 is 4.74 Å². The van der Waals surface area contributed by atoms with Gasteiger partial charge in [0.15, 0.2) is 5.82 Å². The van der Waals surface area contributed by atoms with Crippen LogP contribution in [0.3, 0.4) is 0 Å². The van der Waals surface area contributed by atoms with Gasteiger partial charge in [0.25, 0.3) is 0 Å². The summed E-state index contributed by atoms with van der Waals surface area (Å²) in [7, 11) is 0. The summed E-state index contributed by atoms with van der Waals surface area (Å²) >= 11 is 7.10. The predicted molar refractivity (Wildman–Crippen MR) is 107 cm³/mol. The van der Waals surface area contributed by atoms with Crippen molar-refractivity contribution in [2.24, 2.45) is 0 Å². The Hall–Kier alpha value is -2.37. The van der Waals surface area contributed by atoms with Gasteiger partial charge in [-0.3, -0.25) is 4.57 Å². The van der Waals surface area contributed by atoms with Gasteiger partial charge >= 0.3 is 0 Å². The van der Waals surface area contributed by atoms with E-state index in [9.17, 15) is 0 Å². The minimum absolute atomic E-state index is 0.220. The van der Waals surface area contributed by atoms with Crippen LogP contribution >= 0.6 is 11.6 Å². The van der Waals surface area contributed by atoms with Crippen molar-refractivity contribution in [3.8, 4) is 11.4 Å². The number of aromatic nitrogens is 3. The number of para-hydroxylation sites is 1. The Morgan fingerprint density at radius 1 is 1.07 bits per heavy atom. The van der Waals surface area contributed by atoms with E-state index in [0.717, 1.165) is 54.1 Å². The average molecular weight is 396 g/mol. The number of fused-ring (bicyclic) bond motifs is 3. The highest BCUT2D eigenvalue weighted by Gasteiger charge is 2.36. The van der Waals surface area contributed by atoms with Crippen molar-refractivity contribution in [1.82, 2.24) is 14.8 Å². The van der Waals surface area contributed by atoms with Gasteiger partial charge in [0.05, 0.1) is 23.3 Å². The van der Waals surface area contributed by atoms with Gasteiger partial charge in [-0.05, 0) is 55.5 Å². The Kier molecular flexibility index (Phi) is 4.57. The van der Waals surface area contributed by atoms with Crippen LogP contribution in [-0.4, -0.2) is 20.9 Å². The molecule has 5 nitrogen and oxygen atoms in total. The summed E-state index contributed by atoms with van der Waals surface area (Å²) in [6, 6.07) is 16.5. The van der Waals surface area contributed by atoms with Crippen LogP contribution in [-0.2, 0) is 22.8 Å². The monoisotopic (exact) mass is 395 g/mol. The first-order chi connectivity index (χ1) is 13.7. The molecular weight excluding hydrogens is 374 g/mol. The second kappa shape index (κ2) is 7.22. The topological polar surface area (TPSA) is 49.2 Å². The summed E-state index contributed by atoms with van der Waals surface area (Å²) in [5.74, 6) is 1.76. The number of alkyl halides is 1. The second-order valence-electron chi connectivity index (χ2n) is 7.55. The fourth-order valence-electron chi connectivity index (χ4n) is 4.17. The fraction of sp³-hybridized carbons (Fsp3) is 0.364. The van der Waals surface area contributed by atoms with Gasteiger partial charge in [0, 0.05) is 5.56 Å². The molecule has 1 aromatic heterocycles. The highest BCUT2D eigenvalue weighted by molar-refractivity contribution is 6.24. The smallest absolute Gasteiger partial charge is 0.163 e. The molecule has 1 aliphatic heterocycles. The molecule has 28 heavy (non-hydrogen) atoms. The van der Waals surface area contributed by atoms with E-state index in [1.54, 1.807) is 6.33 Å². The first-order valence-corrected chi connectivity index (χ1v) is 10.1. The molecule has 1 fully saturated rings. The van der Waals surface area contributed by atoms with E-state index in [1.165, 1.54) is 0 Å². The van der Waals surface area contributed by atoms with E-state index in [1.807, 2.05) is 34.9 Å². The molecule has 144 valence electrons. The summed E-state index contributed by atoms with van der Waals surface area (Å²) in [5, 5.41) is 8.14. The van der Waals surface area contributed by atoms with Crippen LogP contribution in [0, 0.1) is 0 Å². The Morgan fingerprint density at radius 3 is 2.71 bits per heavy atom. The van der Waals surface area contributed by atoms with Crippen LogP contribution in [0.5, 0.6) is 5.75 Å². The van der Waals surface area contributed by atoms with Crippen molar-refractivity contribution in [3.63, 3.8) is 0 Å². The number of hydrogen-bond acceptors (Lipinski definition) is 4. The van der Waals surface area contributed by atoms with Gasteiger partial charge in [-0.1, -0.05) is 24.3 Å². The molecule has 0 atom stereocenters. The molecule has 1 aliphatic carbocycles. The molecule has 1 saturated carbocycles. The summed E-state index contributed by atoms with van der Waals surface area (Å²) in [6.07, 6.45) is 5.64. The zero-order valence-electron chi connectivity index (χ0n) is 15.6. The predicted octanol–water partition coefficient (Wildman–Crippen LogP) is 4.75. The molecule has 0 bridgehead atoms. The van der Waals surface area contributed by atoms with Crippen LogP contribution in [0.15, 0.2) is 54.9 Å². The number of ether oxygens (including phenoxy) is 2. The molecule has 2 aromatic carbocycles. The molecule has 0 radical (unpaired) electrons. The molecule has 0 N–H and O–H groups in total. The normalized spacial score (nSPS) is 24.1. The SMILES string of the molecule is ClC1(c2ccc3c(c2)COCc2nncn2-3)CCC(Oc2ccccc2)CC1. The standard InChI is InChI=1S/C22H22ClN3O2/c23-22(10-8-19(9-11-22)28-18-4-2-1-3-5-18)17-6-7-20-16(12-17)13-27-14-21-25-24-15-26(20)21/h1-7,12,15,19H,8-11,13-14H2. The van der Waals surface area contributed by atoms with Gasteiger partial charge in [0.2, 0.25) is 0 Å². The van der Waals surface area contributed by atoms with Crippen molar-refractivity contribution in [2.45, 2.75) is 49.9 Å². The molecule has 0 amide bonds. The fourth-order valence-corrected chi connectivity index (χ4v) is 4.51. The lowest BCUT2D eigenvalue weighted by Crippen LogP contribution is -2.31. The third kappa shape index (κ3) is 3.29. The van der Waals surface area contributed by atoms with E-state index in [0.29, 0.717) is 13.2 Å². The van der Waals surface area contributed by atoms with Gasteiger partial charge in [-0.25, -0.2) is 0 Å². The lowest BCUT2D eigenvalue weighted by Gasteiger charge is -2.36. The van der Waals surface area contributed by atoms with Crippen LogP contribution in [0.4, 0.5) is 0 Å². The van der Waals surface area contributed by atoms with Crippen molar-refractivity contribution in [1.29, 1.82) is 0 Å². The van der Waals surface area contributed by atoms with Crippen molar-refractivity contribution in [2.75, 3.05) is 0 Å². The number of halogens is 1. The molecule has 2 heterocycles. The lowest BCUT2D eigenvalue weighted by atomic mass is 9.81. The molecule has 3 aromatic rings. The van der Waals surface area contributed by atoms with Crippen molar-refractivity contribution in [3.05, 3.63) is 71.8 Å². The summed E-state index contributed by atoms with van der Waals surface area (Å²) in [4.78, 5) is -0.353. The van der Waals surface area contributed by atoms with Crippen LogP contribution in [0.1, 0.15) is 42.6 Å². The van der Waals surface area contributed by atoms with E-state index in [2.05, 4.69) is 28.4 Å². The van der Waals surface area contributed by atoms with Crippen molar-refractivity contribution >= 4 is 11.6 Å². The lowest BCUT2D eigenvalue weighted by molar-refractivity contribution is 0.105. The maximum absolute atomic E-state index is 7.10. The van der Waals surface area contributed by atoms with Gasteiger partial charge in [-0.15, -0.1) is 21.8 Å². The molecule has 0 unspecified atom stereocenters. The Bertz CT molecular complexity index is 965. The minimum Gasteiger partial charge on any atom is -0.490 e. The first-order valence-electron chi connectivity index (χ1n) is 9.72. The van der Waals surface area contributed by atoms with Crippen LogP contribution in [0.2, 0.25) is 0 Å². The Labute approximate surface area is 169 Å². The second-order valence-corrected chi connectivity index (χ2v) is 8.27. The average Bonchev–Trinajstić information content (AvgIpc) is 3.12. The van der Waals surface area contributed by atoms with Gasteiger partial charge in [-0.2, -0.15) is 0 Å². The van der Waals surface area contributed by atoms with Gasteiger partial charge in [0.1, 0.15) is 18.7 Å².